The highest BCUT2D eigenvalue weighted by atomic mass is 32.2. The molecule has 0 saturated carbocycles. The first-order chi connectivity index (χ1) is 9.01. The van der Waals surface area contributed by atoms with Crippen molar-refractivity contribution in [2.24, 2.45) is 5.92 Å². The van der Waals surface area contributed by atoms with Crippen molar-refractivity contribution in [3.63, 3.8) is 0 Å². The predicted octanol–water partition coefficient (Wildman–Crippen LogP) is 3.10. The zero-order valence-corrected chi connectivity index (χ0v) is 12.2. The quantitative estimate of drug-likeness (QED) is 0.739. The lowest BCUT2D eigenvalue weighted by molar-refractivity contribution is 0.275. The Kier molecular flexibility index (Phi) is 2.86. The summed E-state index contributed by atoms with van der Waals surface area (Å²) in [6, 6.07) is 10.2. The molecular weight excluding hydrogens is 256 g/mol. The van der Waals surface area contributed by atoms with Crippen LogP contribution in [0, 0.1) is 5.92 Å². The highest BCUT2D eigenvalue weighted by molar-refractivity contribution is 7.93. The average molecular weight is 276 g/mol. The van der Waals surface area contributed by atoms with Crippen LogP contribution < -0.4 is 0 Å². The normalized spacial score (nSPS) is 40.0. The summed E-state index contributed by atoms with van der Waals surface area (Å²) in [5.41, 5.74) is 0.957. The van der Waals surface area contributed by atoms with E-state index in [2.05, 4.69) is 24.3 Å². The smallest absolute Gasteiger partial charge is 0.156 e. The largest absolute Gasteiger partial charge is 0.228 e. The third kappa shape index (κ3) is 1.57. The van der Waals surface area contributed by atoms with Crippen molar-refractivity contribution < 1.29 is 8.42 Å². The molecule has 0 amide bonds. The Labute approximate surface area is 115 Å². The second kappa shape index (κ2) is 4.20. The predicted molar refractivity (Wildman–Crippen MR) is 77.8 cm³/mol. The number of hydrogen-bond acceptors (Lipinski definition) is 2. The van der Waals surface area contributed by atoms with E-state index in [0.29, 0.717) is 0 Å². The van der Waals surface area contributed by atoms with Crippen LogP contribution in [0.2, 0.25) is 0 Å². The fourth-order valence-electron chi connectivity index (χ4n) is 4.12. The van der Waals surface area contributed by atoms with E-state index in [9.17, 15) is 8.42 Å². The maximum atomic E-state index is 12.6. The summed E-state index contributed by atoms with van der Waals surface area (Å²) in [6.45, 7) is 3.79. The second-order valence-corrected chi connectivity index (χ2v) is 8.49. The molecule has 0 N–H and O–H groups in total. The summed E-state index contributed by atoms with van der Waals surface area (Å²) >= 11 is 0. The molecule has 0 spiro atoms. The van der Waals surface area contributed by atoms with E-state index < -0.39 is 9.84 Å². The number of benzene rings is 1. The van der Waals surface area contributed by atoms with Gasteiger partial charge >= 0.3 is 0 Å². The first kappa shape index (κ1) is 12.9. The van der Waals surface area contributed by atoms with Crippen LogP contribution in [0.5, 0.6) is 0 Å². The first-order valence-corrected chi connectivity index (χ1v) is 8.55. The van der Waals surface area contributed by atoms with Crippen LogP contribution in [0.4, 0.5) is 0 Å². The van der Waals surface area contributed by atoms with Crippen molar-refractivity contribution in [1.82, 2.24) is 0 Å². The minimum Gasteiger partial charge on any atom is -0.228 e. The molecule has 2 nitrogen and oxygen atoms in total. The molecule has 3 heteroatoms. The molecule has 1 heterocycles. The summed E-state index contributed by atoms with van der Waals surface area (Å²) in [6.07, 6.45) is 6.02. The van der Waals surface area contributed by atoms with E-state index in [0.717, 1.165) is 12.8 Å². The Bertz CT molecular complexity index is 603. The maximum Gasteiger partial charge on any atom is 0.156 e. The van der Waals surface area contributed by atoms with E-state index in [1.807, 2.05) is 32.0 Å². The zero-order valence-electron chi connectivity index (χ0n) is 11.4. The molecule has 1 aliphatic heterocycles. The van der Waals surface area contributed by atoms with Gasteiger partial charge in [0.15, 0.2) is 9.84 Å². The molecular formula is C16H20O2S. The van der Waals surface area contributed by atoms with Crippen LogP contribution >= 0.6 is 0 Å². The van der Waals surface area contributed by atoms with Crippen molar-refractivity contribution in [2.75, 3.05) is 0 Å². The van der Waals surface area contributed by atoms with Crippen molar-refractivity contribution in [2.45, 2.75) is 42.6 Å². The summed E-state index contributed by atoms with van der Waals surface area (Å²) in [7, 11) is -3.03. The van der Waals surface area contributed by atoms with E-state index in [4.69, 9.17) is 0 Å². The molecule has 3 rings (SSSR count). The van der Waals surface area contributed by atoms with Crippen molar-refractivity contribution in [3.8, 4) is 0 Å². The standard InChI is InChI=1S/C16H20O2S/c1-12-15-10-6-7-11-16(15,13(2)19(12,17)18)14-8-4-3-5-9-14/h3-9,12-13,15H,10-11H2,1-2H3/t12-,13+,15+,16-/m1/s1. The first-order valence-electron chi connectivity index (χ1n) is 6.94. The molecule has 0 aromatic heterocycles. The van der Waals surface area contributed by atoms with Crippen LogP contribution in [0.1, 0.15) is 32.3 Å². The summed E-state index contributed by atoms with van der Waals surface area (Å²) < 4.78 is 25.2. The minimum absolute atomic E-state index is 0.208. The molecule has 4 atom stereocenters. The highest BCUT2D eigenvalue weighted by Gasteiger charge is 2.60. The van der Waals surface area contributed by atoms with Crippen LogP contribution in [-0.4, -0.2) is 18.9 Å². The van der Waals surface area contributed by atoms with Gasteiger partial charge in [0.05, 0.1) is 10.5 Å². The number of rotatable bonds is 1. The minimum atomic E-state index is -3.03. The van der Waals surface area contributed by atoms with Gasteiger partial charge in [-0.05, 0) is 38.2 Å². The van der Waals surface area contributed by atoms with Gasteiger partial charge in [0.2, 0.25) is 0 Å². The molecule has 102 valence electrons. The molecule has 1 aromatic carbocycles. The van der Waals surface area contributed by atoms with Gasteiger partial charge < -0.3 is 0 Å². The Hall–Kier alpha value is -1.09. The fraction of sp³-hybridized carbons (Fsp3) is 0.500. The van der Waals surface area contributed by atoms with E-state index in [1.165, 1.54) is 5.56 Å². The van der Waals surface area contributed by atoms with Crippen molar-refractivity contribution in [1.29, 1.82) is 0 Å². The molecule has 1 aliphatic carbocycles. The lowest BCUT2D eigenvalue weighted by atomic mass is 9.62. The van der Waals surface area contributed by atoms with E-state index in [-0.39, 0.29) is 21.8 Å². The second-order valence-electron chi connectivity index (χ2n) is 5.86. The molecule has 0 unspecified atom stereocenters. The van der Waals surface area contributed by atoms with Gasteiger partial charge in [0.25, 0.3) is 0 Å². The Morgan fingerprint density at radius 1 is 1.11 bits per heavy atom. The Morgan fingerprint density at radius 2 is 1.79 bits per heavy atom. The number of hydrogen-bond donors (Lipinski definition) is 0. The van der Waals surface area contributed by atoms with Crippen molar-refractivity contribution >= 4 is 9.84 Å². The third-order valence-corrected chi connectivity index (χ3v) is 8.06. The third-order valence-electron chi connectivity index (χ3n) is 5.29. The monoisotopic (exact) mass is 276 g/mol. The number of allylic oxidation sites excluding steroid dienone is 2. The lowest BCUT2D eigenvalue weighted by Crippen LogP contribution is -2.41. The van der Waals surface area contributed by atoms with Gasteiger partial charge in [-0.2, -0.15) is 0 Å². The lowest BCUT2D eigenvalue weighted by Gasteiger charge is -2.40. The Balaban J connectivity index is 2.23. The zero-order chi connectivity index (χ0) is 13.7. The van der Waals surface area contributed by atoms with E-state index >= 15 is 0 Å². The molecule has 0 bridgehead atoms. The van der Waals surface area contributed by atoms with Crippen LogP contribution in [0.15, 0.2) is 42.5 Å². The van der Waals surface area contributed by atoms with Gasteiger partial charge in [0.1, 0.15) is 0 Å². The molecule has 2 aliphatic rings. The number of fused-ring (bicyclic) bond motifs is 1. The van der Waals surface area contributed by atoms with E-state index in [1.54, 1.807) is 0 Å². The SMILES string of the molecule is C[C@@H]1[C@@H]2CC=CC[C@]2(c2ccccc2)[C@H](C)S1(=O)=O. The van der Waals surface area contributed by atoms with Gasteiger partial charge in [-0.25, -0.2) is 8.42 Å². The van der Waals surface area contributed by atoms with Gasteiger partial charge in [-0.3, -0.25) is 0 Å². The van der Waals surface area contributed by atoms with Crippen LogP contribution in [0.3, 0.4) is 0 Å². The fourth-order valence-corrected chi connectivity index (χ4v) is 6.57. The summed E-state index contributed by atoms with van der Waals surface area (Å²) in [5.74, 6) is 0.208. The summed E-state index contributed by atoms with van der Waals surface area (Å²) in [4.78, 5) is 0. The molecule has 0 radical (unpaired) electrons. The van der Waals surface area contributed by atoms with Crippen LogP contribution in [-0.2, 0) is 15.3 Å². The highest BCUT2D eigenvalue weighted by Crippen LogP contribution is 2.54. The van der Waals surface area contributed by atoms with Crippen LogP contribution in [0.25, 0.3) is 0 Å². The van der Waals surface area contributed by atoms with Crippen molar-refractivity contribution in [3.05, 3.63) is 48.0 Å². The van der Waals surface area contributed by atoms with Gasteiger partial charge in [-0.1, -0.05) is 42.5 Å². The van der Waals surface area contributed by atoms with Gasteiger partial charge in [-0.15, -0.1) is 0 Å². The molecule has 1 aromatic rings. The molecule has 19 heavy (non-hydrogen) atoms. The topological polar surface area (TPSA) is 34.1 Å². The molecule has 1 fully saturated rings. The number of sulfone groups is 1. The average Bonchev–Trinajstić information content (AvgIpc) is 2.60. The summed E-state index contributed by atoms with van der Waals surface area (Å²) in [5, 5.41) is -0.542. The Morgan fingerprint density at radius 3 is 2.47 bits per heavy atom. The molecule has 1 saturated heterocycles. The maximum absolute atomic E-state index is 12.6. The van der Waals surface area contributed by atoms with Gasteiger partial charge in [0, 0.05) is 5.41 Å².